The Morgan fingerprint density at radius 2 is 0.783 bits per heavy atom. The Kier molecular flexibility index (Phi) is 12.6. The van der Waals surface area contributed by atoms with E-state index in [0.717, 1.165) is 86.4 Å². The topological polar surface area (TPSA) is 106 Å². The van der Waals surface area contributed by atoms with Gasteiger partial charge in [0.05, 0.1) is 36.4 Å². The summed E-state index contributed by atoms with van der Waals surface area (Å²) in [4.78, 5) is 64.2. The molecule has 4 aliphatic rings. The fourth-order valence-electron chi connectivity index (χ4n) is 8.91. The van der Waals surface area contributed by atoms with E-state index < -0.39 is 10.8 Å². The Hall–Kier alpha value is -5.72. The first-order valence-electron chi connectivity index (χ1n) is 21.0. The summed E-state index contributed by atoms with van der Waals surface area (Å²) in [7, 11) is 3.39. The lowest BCUT2D eigenvalue weighted by molar-refractivity contribution is -0.135. The summed E-state index contributed by atoms with van der Waals surface area (Å²) in [6.45, 7) is 16.9. The summed E-state index contributed by atoms with van der Waals surface area (Å²) in [5.74, 6) is 1.19. The second kappa shape index (κ2) is 17.9. The van der Waals surface area contributed by atoms with Gasteiger partial charge < -0.3 is 19.3 Å². The second-order valence-corrected chi connectivity index (χ2v) is 16.9. The van der Waals surface area contributed by atoms with Gasteiger partial charge in [0.25, 0.3) is 11.8 Å². The van der Waals surface area contributed by atoms with E-state index in [4.69, 9.17) is 9.47 Å². The molecule has 4 aromatic carbocycles. The normalized spacial score (nSPS) is 19.0. The van der Waals surface area contributed by atoms with E-state index in [0.29, 0.717) is 37.3 Å². The van der Waals surface area contributed by atoms with Crippen LogP contribution in [0.4, 0.5) is 11.4 Å². The van der Waals surface area contributed by atoms with Crippen LogP contribution in [0.25, 0.3) is 0 Å². The van der Waals surface area contributed by atoms with Crippen molar-refractivity contribution in [2.24, 2.45) is 0 Å². The van der Waals surface area contributed by atoms with E-state index in [1.54, 1.807) is 14.2 Å². The van der Waals surface area contributed by atoms with E-state index in [9.17, 15) is 19.2 Å². The number of benzene rings is 4. The highest BCUT2D eigenvalue weighted by Crippen LogP contribution is 2.36. The summed E-state index contributed by atoms with van der Waals surface area (Å²) >= 11 is 0. The molecule has 4 heterocycles. The highest BCUT2D eigenvalue weighted by atomic mass is 16.5. The van der Waals surface area contributed by atoms with Gasteiger partial charge in [0, 0.05) is 89.7 Å². The minimum absolute atomic E-state index is 0.112. The number of carbonyl (C=O) groups excluding carboxylic acids is 4. The number of fused-ring (bicyclic) bond motifs is 2. The number of ether oxygens (including phenoxy) is 2. The number of carbonyl (C=O) groups is 4. The summed E-state index contributed by atoms with van der Waals surface area (Å²) < 4.78 is 11.0. The van der Waals surface area contributed by atoms with Crippen molar-refractivity contribution in [1.29, 1.82) is 0 Å². The van der Waals surface area contributed by atoms with Crippen LogP contribution in [0.5, 0.6) is 11.5 Å². The fraction of sp³-hybridized carbons (Fsp3) is 0.417. The molecule has 0 atom stereocenters. The van der Waals surface area contributed by atoms with Crippen LogP contribution in [0.2, 0.25) is 0 Å². The van der Waals surface area contributed by atoms with Crippen LogP contribution >= 0.6 is 0 Å². The zero-order chi connectivity index (χ0) is 42.6. The van der Waals surface area contributed by atoms with Gasteiger partial charge in [-0.3, -0.25) is 38.8 Å². The number of hydrogen-bond donors (Lipinski definition) is 0. The molecule has 4 aliphatic heterocycles. The van der Waals surface area contributed by atoms with E-state index in [1.165, 1.54) is 9.80 Å². The van der Waals surface area contributed by atoms with Crippen molar-refractivity contribution in [3.05, 3.63) is 119 Å². The Bertz CT molecular complexity index is 2050. The van der Waals surface area contributed by atoms with Crippen molar-refractivity contribution in [3.8, 4) is 11.5 Å². The van der Waals surface area contributed by atoms with Gasteiger partial charge in [0.15, 0.2) is 0 Å². The second-order valence-electron chi connectivity index (χ2n) is 16.9. The Morgan fingerprint density at radius 3 is 1.15 bits per heavy atom. The minimum atomic E-state index is -0.687. The fourth-order valence-corrected chi connectivity index (χ4v) is 8.91. The van der Waals surface area contributed by atoms with Crippen LogP contribution in [0.3, 0.4) is 0 Å². The van der Waals surface area contributed by atoms with Gasteiger partial charge in [-0.15, -0.1) is 0 Å². The van der Waals surface area contributed by atoms with Crippen LogP contribution < -0.4 is 19.3 Å². The van der Waals surface area contributed by atoms with E-state index in [-0.39, 0.29) is 23.6 Å². The van der Waals surface area contributed by atoms with Crippen LogP contribution in [-0.2, 0) is 20.4 Å². The van der Waals surface area contributed by atoms with Crippen molar-refractivity contribution >= 4 is 35.0 Å². The first kappa shape index (κ1) is 42.4. The third kappa shape index (κ3) is 8.35. The van der Waals surface area contributed by atoms with E-state index in [2.05, 4.69) is 31.7 Å². The molecule has 8 rings (SSSR count). The van der Waals surface area contributed by atoms with Crippen LogP contribution in [0, 0.1) is 0 Å². The molecule has 4 aromatic rings. The molecule has 0 aromatic heterocycles. The predicted octanol–water partition coefficient (Wildman–Crippen LogP) is 5.55. The number of hydrogen-bond acceptors (Lipinski definition) is 10. The van der Waals surface area contributed by atoms with Gasteiger partial charge in [-0.25, -0.2) is 0 Å². The standard InChI is InChI=1S/2C24H29N3O3/c2*1-24(2)19-9-5-4-8-18(19)22(28)27(23(24)29)17-14-25-12-15-26(16-13-25)20-10-6-7-11-21(20)30-3/h2*4-11H,12-17H2,1-3H3. The molecule has 0 saturated carbocycles. The van der Waals surface area contributed by atoms with Gasteiger partial charge in [0.1, 0.15) is 11.5 Å². The number of imide groups is 2. The van der Waals surface area contributed by atoms with Gasteiger partial charge in [-0.1, -0.05) is 60.7 Å². The number of methoxy groups -OCH3 is 2. The monoisotopic (exact) mass is 814 g/mol. The molecule has 316 valence electrons. The van der Waals surface area contributed by atoms with Gasteiger partial charge in [-0.2, -0.15) is 0 Å². The third-order valence-electron chi connectivity index (χ3n) is 12.6. The first-order valence-corrected chi connectivity index (χ1v) is 21.0. The Balaban J connectivity index is 0.000000181. The average Bonchev–Trinajstić information content (AvgIpc) is 3.28. The number of para-hydroxylation sites is 4. The third-order valence-corrected chi connectivity index (χ3v) is 12.6. The maximum atomic E-state index is 13.1. The van der Waals surface area contributed by atoms with Crippen molar-refractivity contribution < 1.29 is 28.7 Å². The maximum absolute atomic E-state index is 13.1. The minimum Gasteiger partial charge on any atom is -0.495 e. The Labute approximate surface area is 354 Å². The molecule has 0 aliphatic carbocycles. The summed E-state index contributed by atoms with van der Waals surface area (Å²) in [6, 6.07) is 31.0. The lowest BCUT2D eigenvalue weighted by Gasteiger charge is -2.40. The highest BCUT2D eigenvalue weighted by molar-refractivity contribution is 6.13. The average molecular weight is 815 g/mol. The zero-order valence-electron chi connectivity index (χ0n) is 35.9. The number of rotatable bonds is 10. The van der Waals surface area contributed by atoms with Gasteiger partial charge in [-0.05, 0) is 75.2 Å². The van der Waals surface area contributed by atoms with Gasteiger partial charge >= 0.3 is 0 Å². The van der Waals surface area contributed by atoms with E-state index in [1.807, 2.05) is 113 Å². The van der Waals surface area contributed by atoms with Crippen LogP contribution in [0.1, 0.15) is 59.5 Å². The number of anilines is 2. The zero-order valence-corrected chi connectivity index (χ0v) is 35.9. The molecule has 2 saturated heterocycles. The molecule has 2 fully saturated rings. The van der Waals surface area contributed by atoms with Crippen molar-refractivity contribution in [2.75, 3.05) is 103 Å². The van der Waals surface area contributed by atoms with Crippen molar-refractivity contribution in [3.63, 3.8) is 0 Å². The molecule has 0 bridgehead atoms. The summed E-state index contributed by atoms with van der Waals surface area (Å²) in [6.07, 6.45) is 0. The first-order chi connectivity index (χ1) is 28.9. The number of nitrogens with zero attached hydrogens (tertiary/aromatic N) is 6. The molecular formula is C48H58N6O6. The summed E-state index contributed by atoms with van der Waals surface area (Å²) in [5, 5.41) is 0. The highest BCUT2D eigenvalue weighted by Gasteiger charge is 2.45. The summed E-state index contributed by atoms with van der Waals surface area (Å²) in [5.41, 5.74) is 3.77. The Morgan fingerprint density at radius 1 is 0.450 bits per heavy atom. The molecule has 0 radical (unpaired) electrons. The molecule has 12 nitrogen and oxygen atoms in total. The number of amides is 4. The lowest BCUT2D eigenvalue weighted by atomic mass is 9.77. The molecule has 0 spiro atoms. The maximum Gasteiger partial charge on any atom is 0.260 e. The van der Waals surface area contributed by atoms with Crippen molar-refractivity contribution in [2.45, 2.75) is 38.5 Å². The van der Waals surface area contributed by atoms with E-state index >= 15 is 0 Å². The smallest absolute Gasteiger partial charge is 0.260 e. The largest absolute Gasteiger partial charge is 0.495 e. The van der Waals surface area contributed by atoms with Crippen molar-refractivity contribution in [1.82, 2.24) is 19.6 Å². The van der Waals surface area contributed by atoms with Crippen LogP contribution in [-0.4, -0.2) is 136 Å². The molecule has 60 heavy (non-hydrogen) atoms. The van der Waals surface area contributed by atoms with Gasteiger partial charge in [0.2, 0.25) is 11.8 Å². The molecule has 0 N–H and O–H groups in total. The molecular weight excluding hydrogens is 757 g/mol. The molecule has 12 heteroatoms. The predicted molar refractivity (Wildman–Crippen MR) is 234 cm³/mol. The lowest BCUT2D eigenvalue weighted by Crippen LogP contribution is -2.55. The van der Waals surface area contributed by atoms with Crippen LogP contribution in [0.15, 0.2) is 97.1 Å². The number of piperazine rings is 2. The molecule has 4 amide bonds. The SMILES string of the molecule is COc1ccccc1N1CCN(CCN2C(=O)c3ccccc3C(C)(C)C2=O)CC1.COc1ccccc1N1CCN(CCN2C(=O)c3ccccc3C(C)(C)C2=O)CC1. The quantitative estimate of drug-likeness (QED) is 0.189. The molecule has 0 unspecified atom stereocenters.